The molecular weight excluding hydrogens is 316 g/mol. The standard InChI is InChI=1S/C9H18.C8H9F2N3O2/c1-8(2)9-6-4-3-5-7-9;9-1-2-15-8-4(7(12)14)3-5(10)6(11)13-8/h8-9H,3-7H2,1-2H3;3H,1-2H2,(H2,11,13)(H2,12,14). The number of hydrogen-bond acceptors (Lipinski definition) is 4. The van der Waals surface area contributed by atoms with E-state index in [4.69, 9.17) is 16.2 Å². The molecule has 1 saturated carbocycles. The first-order valence-corrected chi connectivity index (χ1v) is 8.31. The van der Waals surface area contributed by atoms with Gasteiger partial charge in [-0.05, 0) is 17.9 Å². The minimum atomic E-state index is -0.921. The van der Waals surface area contributed by atoms with E-state index in [0.717, 1.165) is 17.9 Å². The van der Waals surface area contributed by atoms with E-state index in [9.17, 15) is 13.6 Å². The predicted octanol–water partition coefficient (Wildman–Crippen LogP) is 3.47. The molecule has 1 aliphatic carbocycles. The second-order valence-electron chi connectivity index (χ2n) is 6.25. The third-order valence-corrected chi connectivity index (χ3v) is 4.14. The lowest BCUT2D eigenvalue weighted by atomic mass is 9.82. The number of nitrogen functional groups attached to an aromatic ring is 1. The monoisotopic (exact) mass is 343 g/mol. The second-order valence-corrected chi connectivity index (χ2v) is 6.25. The quantitative estimate of drug-likeness (QED) is 0.856. The molecule has 1 fully saturated rings. The van der Waals surface area contributed by atoms with Crippen LogP contribution in [-0.2, 0) is 0 Å². The number of amides is 1. The Kier molecular flexibility index (Phi) is 8.43. The van der Waals surface area contributed by atoms with Gasteiger partial charge in [-0.3, -0.25) is 4.79 Å². The van der Waals surface area contributed by atoms with Crippen LogP contribution in [-0.4, -0.2) is 24.2 Å². The van der Waals surface area contributed by atoms with Crippen LogP contribution in [0.15, 0.2) is 6.07 Å². The summed E-state index contributed by atoms with van der Waals surface area (Å²) in [5.41, 5.74) is 9.83. The molecule has 0 aliphatic heterocycles. The van der Waals surface area contributed by atoms with Gasteiger partial charge in [0.1, 0.15) is 18.8 Å². The zero-order valence-electron chi connectivity index (χ0n) is 14.4. The third kappa shape index (κ3) is 6.29. The second kappa shape index (κ2) is 10.1. The normalized spacial score (nSPS) is 14.9. The molecule has 7 heteroatoms. The van der Waals surface area contributed by atoms with E-state index in [2.05, 4.69) is 18.8 Å². The first-order chi connectivity index (χ1) is 11.4. The maximum absolute atomic E-state index is 12.9. The highest BCUT2D eigenvalue weighted by molar-refractivity contribution is 5.95. The van der Waals surface area contributed by atoms with Gasteiger partial charge in [-0.15, -0.1) is 0 Å². The molecule has 2 rings (SSSR count). The van der Waals surface area contributed by atoms with E-state index in [1.165, 1.54) is 32.1 Å². The van der Waals surface area contributed by atoms with Crippen LogP contribution in [0.25, 0.3) is 0 Å². The van der Waals surface area contributed by atoms with Gasteiger partial charge in [0, 0.05) is 0 Å². The van der Waals surface area contributed by atoms with Gasteiger partial charge < -0.3 is 16.2 Å². The minimum absolute atomic E-state index is 0.265. The van der Waals surface area contributed by atoms with Crippen molar-refractivity contribution in [3.63, 3.8) is 0 Å². The number of rotatable bonds is 5. The highest BCUT2D eigenvalue weighted by Crippen LogP contribution is 2.29. The number of carbonyl (C=O) groups is 1. The van der Waals surface area contributed by atoms with Crippen molar-refractivity contribution in [3.05, 3.63) is 17.4 Å². The number of hydrogen-bond donors (Lipinski definition) is 2. The molecule has 24 heavy (non-hydrogen) atoms. The van der Waals surface area contributed by atoms with Gasteiger partial charge in [0.05, 0.1) is 0 Å². The highest BCUT2D eigenvalue weighted by Gasteiger charge is 2.16. The summed E-state index contributed by atoms with van der Waals surface area (Å²) in [6.45, 7) is 3.64. The van der Waals surface area contributed by atoms with Gasteiger partial charge in [0.2, 0.25) is 5.88 Å². The smallest absolute Gasteiger partial charge is 0.254 e. The molecule has 1 aromatic rings. The topological polar surface area (TPSA) is 91.2 Å². The fourth-order valence-corrected chi connectivity index (χ4v) is 2.71. The summed E-state index contributed by atoms with van der Waals surface area (Å²) >= 11 is 0. The van der Waals surface area contributed by atoms with E-state index >= 15 is 0 Å². The van der Waals surface area contributed by atoms with Crippen LogP contribution in [0.4, 0.5) is 14.6 Å². The molecule has 0 atom stereocenters. The van der Waals surface area contributed by atoms with Crippen molar-refractivity contribution < 1.29 is 18.3 Å². The Morgan fingerprint density at radius 1 is 1.38 bits per heavy atom. The van der Waals surface area contributed by atoms with Gasteiger partial charge in [-0.25, -0.2) is 8.78 Å². The molecule has 1 aromatic heterocycles. The molecule has 0 unspecified atom stereocenters. The van der Waals surface area contributed by atoms with Gasteiger partial charge >= 0.3 is 0 Å². The third-order valence-electron chi connectivity index (χ3n) is 4.14. The maximum atomic E-state index is 12.9. The molecule has 1 aliphatic rings. The zero-order chi connectivity index (χ0) is 18.1. The van der Waals surface area contributed by atoms with E-state index in [1.54, 1.807) is 0 Å². The van der Waals surface area contributed by atoms with Gasteiger partial charge in [0.25, 0.3) is 5.91 Å². The lowest BCUT2D eigenvalue weighted by molar-refractivity contribution is 0.0994. The SMILES string of the molecule is CC(C)C1CCCCC1.NC(=O)c1cc(F)c(N)nc1OCCF. The summed E-state index contributed by atoms with van der Waals surface area (Å²) in [6.07, 6.45) is 7.46. The predicted molar refractivity (Wildman–Crippen MR) is 90.0 cm³/mol. The van der Waals surface area contributed by atoms with Crippen molar-refractivity contribution in [1.29, 1.82) is 0 Å². The molecule has 136 valence electrons. The Hall–Kier alpha value is -1.92. The highest BCUT2D eigenvalue weighted by atomic mass is 19.1. The molecule has 0 bridgehead atoms. The molecule has 5 nitrogen and oxygen atoms in total. The summed E-state index contributed by atoms with van der Waals surface area (Å²) in [4.78, 5) is 14.3. The number of ether oxygens (including phenoxy) is 1. The van der Waals surface area contributed by atoms with Crippen molar-refractivity contribution in [3.8, 4) is 5.88 Å². The average Bonchev–Trinajstić information content (AvgIpc) is 2.56. The van der Waals surface area contributed by atoms with E-state index in [1.807, 2.05) is 0 Å². The van der Waals surface area contributed by atoms with Crippen molar-refractivity contribution in [2.75, 3.05) is 19.0 Å². The van der Waals surface area contributed by atoms with Crippen molar-refractivity contribution >= 4 is 11.7 Å². The van der Waals surface area contributed by atoms with Crippen LogP contribution in [0, 0.1) is 17.7 Å². The number of carbonyl (C=O) groups excluding carboxylic acids is 1. The van der Waals surface area contributed by atoms with Gasteiger partial charge in [-0.2, -0.15) is 4.98 Å². The lowest BCUT2D eigenvalue weighted by Gasteiger charge is -2.24. The molecule has 4 N–H and O–H groups in total. The summed E-state index contributed by atoms with van der Waals surface area (Å²) in [7, 11) is 0. The summed E-state index contributed by atoms with van der Waals surface area (Å²) in [6, 6.07) is 0.804. The largest absolute Gasteiger partial charge is 0.474 e. The summed E-state index contributed by atoms with van der Waals surface area (Å²) in [5, 5.41) is 0. The fraction of sp³-hybridized carbons (Fsp3) is 0.647. The number of pyridine rings is 1. The molecule has 0 aromatic carbocycles. The summed E-state index contributed by atoms with van der Waals surface area (Å²) < 4.78 is 29.5. The Labute approximate surface area is 141 Å². The number of aromatic nitrogens is 1. The zero-order valence-corrected chi connectivity index (χ0v) is 14.4. The molecular formula is C17H27F2N3O2. The van der Waals surface area contributed by atoms with Crippen molar-refractivity contribution in [2.24, 2.45) is 17.6 Å². The molecule has 1 heterocycles. The maximum Gasteiger partial charge on any atom is 0.254 e. The first kappa shape index (κ1) is 20.1. The Bertz CT molecular complexity index is 533. The van der Waals surface area contributed by atoms with E-state index < -0.39 is 24.2 Å². The Morgan fingerprint density at radius 3 is 2.46 bits per heavy atom. The van der Waals surface area contributed by atoms with Crippen LogP contribution >= 0.6 is 0 Å². The molecule has 0 saturated heterocycles. The number of nitrogens with two attached hydrogens (primary N) is 2. The number of halogens is 2. The van der Waals surface area contributed by atoms with E-state index in [-0.39, 0.29) is 18.1 Å². The van der Waals surface area contributed by atoms with Crippen molar-refractivity contribution in [1.82, 2.24) is 4.98 Å². The van der Waals surface area contributed by atoms with Crippen LogP contribution < -0.4 is 16.2 Å². The number of primary amides is 1. The van der Waals surface area contributed by atoms with Crippen LogP contribution in [0.3, 0.4) is 0 Å². The number of anilines is 1. The van der Waals surface area contributed by atoms with Gasteiger partial charge in [0.15, 0.2) is 11.6 Å². The minimum Gasteiger partial charge on any atom is -0.474 e. The fourth-order valence-electron chi connectivity index (χ4n) is 2.71. The van der Waals surface area contributed by atoms with E-state index in [0.29, 0.717) is 0 Å². The Balaban J connectivity index is 0.000000272. The molecule has 0 radical (unpaired) electrons. The van der Waals surface area contributed by atoms with Crippen LogP contribution in [0.5, 0.6) is 5.88 Å². The van der Waals surface area contributed by atoms with Crippen molar-refractivity contribution in [2.45, 2.75) is 46.0 Å². The van der Waals surface area contributed by atoms with Crippen LogP contribution in [0.1, 0.15) is 56.3 Å². The average molecular weight is 343 g/mol. The Morgan fingerprint density at radius 2 is 2.00 bits per heavy atom. The number of alkyl halides is 1. The lowest BCUT2D eigenvalue weighted by Crippen LogP contribution is -2.16. The summed E-state index contributed by atoms with van der Waals surface area (Å²) in [5.74, 6) is -0.511. The van der Waals surface area contributed by atoms with Crippen LogP contribution in [0.2, 0.25) is 0 Å². The molecule has 1 amide bonds. The first-order valence-electron chi connectivity index (χ1n) is 8.31. The van der Waals surface area contributed by atoms with Gasteiger partial charge in [-0.1, -0.05) is 46.0 Å². The number of nitrogens with zero attached hydrogens (tertiary/aromatic N) is 1. The molecule has 0 spiro atoms.